The summed E-state index contributed by atoms with van der Waals surface area (Å²) in [6.45, 7) is 3.84. The Bertz CT molecular complexity index is 1370. The standard InChI is InChI=1S/C25H21ClN4O3/c1-16-13-18(17(2)30(16)19-9-10-20(25(32)33)22(26)14-19)15-27-28-24(31)21-7-3-4-8-23(21)29-11-5-6-12-29/h3-15H,1-2H3,(H,28,31)(H,32,33)/b27-15-. The van der Waals surface area contributed by atoms with Gasteiger partial charge in [0, 0.05) is 35.0 Å². The first-order valence-corrected chi connectivity index (χ1v) is 10.5. The van der Waals surface area contributed by atoms with Gasteiger partial charge >= 0.3 is 5.97 Å². The van der Waals surface area contributed by atoms with Gasteiger partial charge in [0.1, 0.15) is 0 Å². The lowest BCUT2D eigenvalue weighted by atomic mass is 10.1. The van der Waals surface area contributed by atoms with E-state index in [2.05, 4.69) is 10.5 Å². The minimum atomic E-state index is -1.07. The maximum Gasteiger partial charge on any atom is 0.337 e. The first kappa shape index (κ1) is 22.1. The molecule has 2 aromatic heterocycles. The summed E-state index contributed by atoms with van der Waals surface area (Å²) in [4.78, 5) is 24.0. The molecular weight excluding hydrogens is 440 g/mol. The number of rotatable bonds is 6. The van der Waals surface area contributed by atoms with Crippen LogP contribution in [-0.4, -0.2) is 32.3 Å². The second-order valence-corrected chi connectivity index (χ2v) is 7.84. The number of carboxylic acid groups (broad SMARTS) is 1. The fourth-order valence-corrected chi connectivity index (χ4v) is 3.99. The first-order chi connectivity index (χ1) is 15.9. The van der Waals surface area contributed by atoms with E-state index >= 15 is 0 Å². The lowest BCUT2D eigenvalue weighted by molar-refractivity contribution is 0.0696. The Morgan fingerprint density at radius 3 is 2.42 bits per heavy atom. The maximum absolute atomic E-state index is 12.7. The summed E-state index contributed by atoms with van der Waals surface area (Å²) in [5.74, 6) is -1.39. The predicted molar refractivity (Wildman–Crippen MR) is 128 cm³/mol. The Morgan fingerprint density at radius 2 is 1.73 bits per heavy atom. The molecule has 0 aliphatic carbocycles. The van der Waals surface area contributed by atoms with Crippen molar-refractivity contribution in [3.8, 4) is 11.4 Å². The lowest BCUT2D eigenvalue weighted by Gasteiger charge is -2.11. The summed E-state index contributed by atoms with van der Waals surface area (Å²) < 4.78 is 3.81. The molecule has 8 heteroatoms. The molecule has 0 saturated carbocycles. The molecule has 2 aromatic carbocycles. The number of halogens is 1. The van der Waals surface area contributed by atoms with Crippen LogP contribution in [0.15, 0.2) is 78.2 Å². The molecule has 0 radical (unpaired) electrons. The molecule has 2 heterocycles. The monoisotopic (exact) mass is 460 g/mol. The average Bonchev–Trinajstić information content (AvgIpc) is 3.42. The number of hydrogen-bond donors (Lipinski definition) is 2. The van der Waals surface area contributed by atoms with Crippen molar-refractivity contribution >= 4 is 29.7 Å². The normalized spacial score (nSPS) is 11.1. The molecule has 0 unspecified atom stereocenters. The van der Waals surface area contributed by atoms with Gasteiger partial charge in [0.2, 0.25) is 0 Å². The van der Waals surface area contributed by atoms with Crippen LogP contribution < -0.4 is 5.43 Å². The number of hydrazone groups is 1. The van der Waals surface area contributed by atoms with Crippen LogP contribution in [0, 0.1) is 13.8 Å². The van der Waals surface area contributed by atoms with E-state index in [1.807, 2.05) is 65.7 Å². The number of nitrogens with one attached hydrogen (secondary N) is 1. The SMILES string of the molecule is Cc1cc(/C=N\NC(=O)c2ccccc2-n2cccc2)c(C)n1-c1ccc(C(=O)O)c(Cl)c1. The summed E-state index contributed by atoms with van der Waals surface area (Å²) in [5, 5.41) is 13.5. The molecule has 0 bridgehead atoms. The zero-order valence-corrected chi connectivity index (χ0v) is 18.7. The topological polar surface area (TPSA) is 88.6 Å². The van der Waals surface area contributed by atoms with Gasteiger partial charge in [0.25, 0.3) is 5.91 Å². The van der Waals surface area contributed by atoms with Crippen molar-refractivity contribution in [3.05, 3.63) is 106 Å². The third kappa shape index (κ3) is 4.44. The van der Waals surface area contributed by atoms with E-state index < -0.39 is 5.97 Å². The number of aromatic carboxylic acids is 1. The first-order valence-electron chi connectivity index (χ1n) is 10.1. The van der Waals surface area contributed by atoms with Crippen molar-refractivity contribution < 1.29 is 14.7 Å². The fraction of sp³-hybridized carbons (Fsp3) is 0.0800. The van der Waals surface area contributed by atoms with Gasteiger partial charge in [-0.15, -0.1) is 0 Å². The van der Waals surface area contributed by atoms with Crippen molar-refractivity contribution in [3.63, 3.8) is 0 Å². The quantitative estimate of drug-likeness (QED) is 0.313. The van der Waals surface area contributed by atoms with Gasteiger partial charge in [0.05, 0.1) is 28.1 Å². The van der Waals surface area contributed by atoms with Crippen LogP contribution in [0.3, 0.4) is 0 Å². The highest BCUT2D eigenvalue weighted by Crippen LogP contribution is 2.25. The molecule has 0 aliphatic heterocycles. The van der Waals surface area contributed by atoms with Gasteiger partial charge in [-0.3, -0.25) is 4.79 Å². The molecule has 7 nitrogen and oxygen atoms in total. The highest BCUT2D eigenvalue weighted by atomic mass is 35.5. The van der Waals surface area contributed by atoms with Crippen LogP contribution in [0.4, 0.5) is 0 Å². The number of para-hydroxylation sites is 1. The number of nitrogens with zero attached hydrogens (tertiary/aromatic N) is 3. The largest absolute Gasteiger partial charge is 0.478 e. The third-order valence-corrected chi connectivity index (χ3v) is 5.63. The van der Waals surface area contributed by atoms with Crippen molar-refractivity contribution in [1.29, 1.82) is 0 Å². The van der Waals surface area contributed by atoms with Crippen LogP contribution in [0.2, 0.25) is 5.02 Å². The van der Waals surface area contributed by atoms with Crippen LogP contribution in [0.5, 0.6) is 0 Å². The van der Waals surface area contributed by atoms with Gasteiger partial charge in [0.15, 0.2) is 0 Å². The van der Waals surface area contributed by atoms with Gasteiger partial charge in [-0.2, -0.15) is 5.10 Å². The molecular formula is C25H21ClN4O3. The summed E-state index contributed by atoms with van der Waals surface area (Å²) in [6.07, 6.45) is 5.33. The number of amides is 1. The predicted octanol–water partition coefficient (Wildman–Crippen LogP) is 5.00. The molecule has 1 amide bonds. The Labute approximate surface area is 195 Å². The Hall–Kier alpha value is -4.10. The van der Waals surface area contributed by atoms with Crippen molar-refractivity contribution in [2.45, 2.75) is 13.8 Å². The second-order valence-electron chi connectivity index (χ2n) is 7.44. The van der Waals surface area contributed by atoms with E-state index in [0.717, 1.165) is 28.3 Å². The fourth-order valence-electron chi connectivity index (χ4n) is 3.74. The number of aromatic nitrogens is 2. The van der Waals surface area contributed by atoms with E-state index in [-0.39, 0.29) is 16.5 Å². The Morgan fingerprint density at radius 1 is 1.00 bits per heavy atom. The van der Waals surface area contributed by atoms with Crippen LogP contribution in [0.1, 0.15) is 37.7 Å². The summed E-state index contributed by atoms with van der Waals surface area (Å²) in [5.41, 5.74) is 7.25. The van der Waals surface area contributed by atoms with E-state index in [9.17, 15) is 14.7 Å². The summed E-state index contributed by atoms with van der Waals surface area (Å²) in [6, 6.07) is 17.8. The maximum atomic E-state index is 12.7. The molecule has 0 saturated heterocycles. The molecule has 0 spiro atoms. The van der Waals surface area contributed by atoms with Crippen LogP contribution in [0.25, 0.3) is 11.4 Å². The van der Waals surface area contributed by atoms with Crippen molar-refractivity contribution in [2.75, 3.05) is 0 Å². The molecule has 2 N–H and O–H groups in total. The lowest BCUT2D eigenvalue weighted by Crippen LogP contribution is -2.19. The minimum Gasteiger partial charge on any atom is -0.478 e. The number of carboxylic acids is 1. The van der Waals surface area contributed by atoms with Gasteiger partial charge in [-0.05, 0) is 62.4 Å². The van der Waals surface area contributed by atoms with E-state index in [1.54, 1.807) is 30.5 Å². The number of hydrogen-bond acceptors (Lipinski definition) is 3. The van der Waals surface area contributed by atoms with Crippen LogP contribution >= 0.6 is 11.6 Å². The van der Waals surface area contributed by atoms with Crippen molar-refractivity contribution in [1.82, 2.24) is 14.6 Å². The second kappa shape index (κ2) is 9.18. The smallest absolute Gasteiger partial charge is 0.337 e. The Balaban J connectivity index is 1.56. The zero-order valence-electron chi connectivity index (χ0n) is 18.0. The van der Waals surface area contributed by atoms with Gasteiger partial charge in [-0.25, -0.2) is 10.2 Å². The highest BCUT2D eigenvalue weighted by Gasteiger charge is 2.14. The summed E-state index contributed by atoms with van der Waals surface area (Å²) in [7, 11) is 0. The number of carbonyl (C=O) groups is 2. The molecule has 4 rings (SSSR count). The molecule has 33 heavy (non-hydrogen) atoms. The highest BCUT2D eigenvalue weighted by molar-refractivity contribution is 6.33. The van der Waals surface area contributed by atoms with Gasteiger partial charge < -0.3 is 14.2 Å². The molecule has 0 atom stereocenters. The summed E-state index contributed by atoms with van der Waals surface area (Å²) >= 11 is 6.14. The van der Waals surface area contributed by atoms with E-state index in [0.29, 0.717) is 5.56 Å². The van der Waals surface area contributed by atoms with E-state index in [4.69, 9.17) is 11.6 Å². The van der Waals surface area contributed by atoms with Crippen molar-refractivity contribution in [2.24, 2.45) is 5.10 Å². The zero-order chi connectivity index (χ0) is 23.5. The van der Waals surface area contributed by atoms with E-state index in [1.165, 1.54) is 6.07 Å². The molecule has 0 fully saturated rings. The number of aryl methyl sites for hydroxylation is 1. The minimum absolute atomic E-state index is 0.0487. The third-order valence-electron chi connectivity index (χ3n) is 5.31. The molecule has 166 valence electrons. The van der Waals surface area contributed by atoms with Gasteiger partial charge in [-0.1, -0.05) is 23.7 Å². The molecule has 0 aliphatic rings. The number of carbonyl (C=O) groups excluding carboxylic acids is 1. The Kier molecular flexibility index (Phi) is 6.15. The van der Waals surface area contributed by atoms with Crippen LogP contribution in [-0.2, 0) is 0 Å². The average molecular weight is 461 g/mol. The number of benzene rings is 2. The molecule has 4 aromatic rings.